The van der Waals surface area contributed by atoms with E-state index in [-0.39, 0.29) is 17.8 Å². The first-order chi connectivity index (χ1) is 22.8. The Kier molecular flexibility index (Phi) is 13.0. The number of nitrogen functional groups attached to an aromatic ring is 1. The minimum atomic E-state index is -0.260. The largest absolute Gasteiger partial charge is 0.493 e. The van der Waals surface area contributed by atoms with Crippen molar-refractivity contribution in [3.63, 3.8) is 0 Å². The molecule has 3 aromatic rings. The molecule has 5 unspecified atom stereocenters. The minimum absolute atomic E-state index is 0.117. The van der Waals surface area contributed by atoms with Gasteiger partial charge >= 0.3 is 0 Å². The molecule has 3 fully saturated rings. The summed E-state index contributed by atoms with van der Waals surface area (Å²) in [5.74, 6) is 4.93. The predicted molar refractivity (Wildman–Crippen MR) is 188 cm³/mol. The molecular weight excluding hydrogens is 595 g/mol. The number of aryl methyl sites for hydroxylation is 1. The SMILES string of the molecule is CC.CCN.COc1cc2nc(N3CCN(C(=O)CCc4ccc(F)cc4)CC3C3CCC(C4CCC4C)C3)nc(N)c2cc1OC. The molecule has 2 aliphatic carbocycles. The smallest absolute Gasteiger partial charge is 0.228 e. The number of carbonyl (C=O) groups is 1. The van der Waals surface area contributed by atoms with Crippen molar-refractivity contribution in [1.82, 2.24) is 14.9 Å². The molecule has 0 radical (unpaired) electrons. The molecule has 0 bridgehead atoms. The van der Waals surface area contributed by atoms with E-state index in [1.165, 1.54) is 37.8 Å². The van der Waals surface area contributed by atoms with Gasteiger partial charge in [-0.3, -0.25) is 4.79 Å². The number of hydrogen-bond donors (Lipinski definition) is 2. The van der Waals surface area contributed by atoms with E-state index in [1.54, 1.807) is 26.4 Å². The van der Waals surface area contributed by atoms with E-state index in [4.69, 9.17) is 30.9 Å². The molecule has 0 spiro atoms. The summed E-state index contributed by atoms with van der Waals surface area (Å²) in [6.07, 6.45) is 7.28. The normalized spacial score (nSPS) is 23.6. The molecule has 6 rings (SSSR count). The van der Waals surface area contributed by atoms with E-state index in [2.05, 4.69) is 11.8 Å². The quantitative estimate of drug-likeness (QED) is 0.285. The Balaban J connectivity index is 0.000000947. The van der Waals surface area contributed by atoms with Crippen LogP contribution in [-0.2, 0) is 11.2 Å². The number of anilines is 2. The third-order valence-electron chi connectivity index (χ3n) is 10.1. The molecule has 1 aromatic heterocycles. The summed E-state index contributed by atoms with van der Waals surface area (Å²) in [5.41, 5.74) is 13.0. The Labute approximate surface area is 280 Å². The van der Waals surface area contributed by atoms with Crippen LogP contribution in [0.4, 0.5) is 16.2 Å². The highest BCUT2D eigenvalue weighted by atomic mass is 19.1. The lowest BCUT2D eigenvalue weighted by Crippen LogP contribution is -2.58. The third-order valence-corrected chi connectivity index (χ3v) is 10.1. The molecule has 2 aromatic carbocycles. The molecule has 10 heteroatoms. The van der Waals surface area contributed by atoms with Crippen LogP contribution in [0.1, 0.15) is 71.8 Å². The van der Waals surface area contributed by atoms with Crippen molar-refractivity contribution in [2.24, 2.45) is 29.4 Å². The first-order valence-electron chi connectivity index (χ1n) is 17.4. The van der Waals surface area contributed by atoms with Crippen molar-refractivity contribution in [3.8, 4) is 11.5 Å². The van der Waals surface area contributed by atoms with Crippen LogP contribution in [0, 0.1) is 29.5 Å². The Morgan fingerprint density at radius 2 is 1.64 bits per heavy atom. The predicted octanol–water partition coefficient (Wildman–Crippen LogP) is 6.47. The fourth-order valence-electron chi connectivity index (χ4n) is 7.53. The summed E-state index contributed by atoms with van der Waals surface area (Å²) in [5, 5.41) is 0.724. The number of aromatic nitrogens is 2. The lowest BCUT2D eigenvalue weighted by Gasteiger charge is -2.45. The van der Waals surface area contributed by atoms with Gasteiger partial charge in [0.25, 0.3) is 0 Å². The number of hydrogen-bond acceptors (Lipinski definition) is 8. The van der Waals surface area contributed by atoms with Gasteiger partial charge in [0.2, 0.25) is 11.9 Å². The van der Waals surface area contributed by atoms with Crippen LogP contribution in [0.25, 0.3) is 10.9 Å². The van der Waals surface area contributed by atoms with Crippen molar-refractivity contribution in [2.45, 2.75) is 78.7 Å². The van der Waals surface area contributed by atoms with Gasteiger partial charge in [0.1, 0.15) is 11.6 Å². The zero-order valence-corrected chi connectivity index (χ0v) is 29.2. The van der Waals surface area contributed by atoms with Crippen molar-refractivity contribution < 1.29 is 18.7 Å². The highest BCUT2D eigenvalue weighted by Crippen LogP contribution is 2.49. The number of halogens is 1. The highest BCUT2D eigenvalue weighted by molar-refractivity contribution is 5.91. The van der Waals surface area contributed by atoms with Gasteiger partial charge in [0.15, 0.2) is 11.5 Å². The molecule has 2 heterocycles. The van der Waals surface area contributed by atoms with Gasteiger partial charge in [-0.2, -0.15) is 4.98 Å². The van der Waals surface area contributed by atoms with Gasteiger partial charge in [-0.25, -0.2) is 9.37 Å². The maximum atomic E-state index is 13.4. The van der Waals surface area contributed by atoms with Crippen LogP contribution < -0.4 is 25.8 Å². The number of rotatable bonds is 8. The Hall–Kier alpha value is -3.66. The van der Waals surface area contributed by atoms with Crippen LogP contribution in [0.15, 0.2) is 36.4 Å². The number of methoxy groups -OCH3 is 2. The molecule has 9 nitrogen and oxygen atoms in total. The van der Waals surface area contributed by atoms with Crippen LogP contribution >= 0.6 is 0 Å². The van der Waals surface area contributed by atoms with Crippen LogP contribution in [-0.4, -0.2) is 67.2 Å². The molecule has 258 valence electrons. The topological polar surface area (TPSA) is 120 Å². The second-order valence-corrected chi connectivity index (χ2v) is 12.8. The molecule has 1 saturated heterocycles. The van der Waals surface area contributed by atoms with E-state index < -0.39 is 0 Å². The fourth-order valence-corrected chi connectivity index (χ4v) is 7.53. The summed E-state index contributed by atoms with van der Waals surface area (Å²) in [7, 11) is 3.20. The lowest BCUT2D eigenvalue weighted by atomic mass is 9.67. The molecule has 1 amide bonds. The standard InChI is InChI=1S/C33H42FN5O3.C2H7N.C2H6/c1-20-4-12-25(20)22-8-9-23(16-22)28-19-38(31(40)13-7-21-5-10-24(34)11-6-21)14-15-39(28)33-36-27-18-30(42-3)29(41-2)17-26(27)32(35)37-33;1-2-3;1-2/h5-6,10-11,17-18,20,22-23,25,28H,4,7-9,12-16,19H2,1-3H3,(H2,35,36,37);2-3H2,1H3;1-2H3. The maximum absolute atomic E-state index is 13.4. The first kappa shape index (κ1) is 36.2. The molecule has 5 atom stereocenters. The monoisotopic (exact) mass is 650 g/mol. The summed E-state index contributed by atoms with van der Waals surface area (Å²) >= 11 is 0. The molecule has 4 N–H and O–H groups in total. The van der Waals surface area contributed by atoms with Crippen molar-refractivity contribution in [2.75, 3.05) is 51.0 Å². The zero-order chi connectivity index (χ0) is 34.1. The van der Waals surface area contributed by atoms with E-state index >= 15 is 0 Å². The van der Waals surface area contributed by atoms with Gasteiger partial charge < -0.3 is 30.7 Å². The van der Waals surface area contributed by atoms with Gasteiger partial charge in [0.05, 0.1) is 25.8 Å². The molecule has 3 aliphatic rings. The minimum Gasteiger partial charge on any atom is -0.493 e. The molecular formula is C37H55FN6O3. The fraction of sp³-hybridized carbons (Fsp3) is 0.595. The highest BCUT2D eigenvalue weighted by Gasteiger charge is 2.44. The molecule has 47 heavy (non-hydrogen) atoms. The lowest BCUT2D eigenvalue weighted by molar-refractivity contribution is -0.132. The van der Waals surface area contributed by atoms with Crippen LogP contribution in [0.3, 0.4) is 0 Å². The van der Waals surface area contributed by atoms with Gasteiger partial charge in [-0.05, 0) is 86.1 Å². The number of fused-ring (bicyclic) bond motifs is 1. The zero-order valence-electron chi connectivity index (χ0n) is 29.2. The van der Waals surface area contributed by atoms with E-state index in [9.17, 15) is 9.18 Å². The number of amides is 1. The first-order valence-corrected chi connectivity index (χ1v) is 17.4. The molecule has 2 saturated carbocycles. The Morgan fingerprint density at radius 3 is 2.26 bits per heavy atom. The average Bonchev–Trinajstić information content (AvgIpc) is 3.56. The number of ether oxygens (including phenoxy) is 2. The number of benzene rings is 2. The number of nitrogens with zero attached hydrogens (tertiary/aromatic N) is 4. The average molecular weight is 651 g/mol. The maximum Gasteiger partial charge on any atom is 0.228 e. The summed E-state index contributed by atoms with van der Waals surface area (Å²) in [6, 6.07) is 10.2. The third kappa shape index (κ3) is 8.44. The number of carbonyl (C=O) groups excluding carboxylic acids is 1. The van der Waals surface area contributed by atoms with Crippen LogP contribution in [0.2, 0.25) is 0 Å². The number of piperazine rings is 1. The van der Waals surface area contributed by atoms with E-state index in [0.29, 0.717) is 67.2 Å². The van der Waals surface area contributed by atoms with E-state index in [1.807, 2.05) is 37.8 Å². The van der Waals surface area contributed by atoms with Gasteiger partial charge in [-0.1, -0.05) is 46.2 Å². The number of nitrogens with two attached hydrogens (primary N) is 2. The second kappa shape index (κ2) is 16.9. The van der Waals surface area contributed by atoms with Crippen LogP contribution in [0.5, 0.6) is 11.5 Å². The van der Waals surface area contributed by atoms with E-state index in [0.717, 1.165) is 41.7 Å². The molecule has 1 aliphatic heterocycles. The van der Waals surface area contributed by atoms with Crippen molar-refractivity contribution in [3.05, 3.63) is 47.8 Å². The van der Waals surface area contributed by atoms with Gasteiger partial charge in [0, 0.05) is 37.5 Å². The van der Waals surface area contributed by atoms with Gasteiger partial charge in [-0.15, -0.1) is 0 Å². The Morgan fingerprint density at radius 1 is 0.979 bits per heavy atom. The van der Waals surface area contributed by atoms with Crippen molar-refractivity contribution >= 4 is 28.6 Å². The Bertz CT molecular complexity index is 1450. The second-order valence-electron chi connectivity index (χ2n) is 12.8. The van der Waals surface area contributed by atoms with Crippen molar-refractivity contribution in [1.29, 1.82) is 0 Å². The summed E-state index contributed by atoms with van der Waals surface area (Å²) in [6.45, 7) is 10.9. The summed E-state index contributed by atoms with van der Waals surface area (Å²) in [4.78, 5) is 27.5. The summed E-state index contributed by atoms with van der Waals surface area (Å²) < 4.78 is 24.3.